The van der Waals surface area contributed by atoms with Gasteiger partial charge in [0.2, 0.25) is 5.91 Å². The third-order valence-electron chi connectivity index (χ3n) is 1.82. The lowest BCUT2D eigenvalue weighted by Gasteiger charge is -2.03. The van der Waals surface area contributed by atoms with Crippen LogP contribution < -0.4 is 11.1 Å². The van der Waals surface area contributed by atoms with Crippen LogP contribution in [0.1, 0.15) is 19.3 Å². The largest absolute Gasteiger partial charge is 0.330 e. The first-order valence-electron chi connectivity index (χ1n) is 4.73. The molecule has 0 spiro atoms. The first-order chi connectivity index (χ1) is 6.83. The van der Waals surface area contributed by atoms with Crippen LogP contribution in [-0.2, 0) is 4.79 Å². The lowest BCUT2D eigenvalue weighted by molar-refractivity contribution is -0.116. The molecule has 0 unspecified atom stereocenters. The van der Waals surface area contributed by atoms with Crippen LogP contribution in [-0.4, -0.2) is 17.4 Å². The molecule has 0 aromatic carbocycles. The Kier molecular flexibility index (Phi) is 11.7. The Balaban J connectivity index is 0. The molecule has 0 aliphatic carbocycles. The maximum absolute atomic E-state index is 11.3. The molecule has 16 heavy (non-hydrogen) atoms. The topological polar surface area (TPSA) is 68.0 Å². The van der Waals surface area contributed by atoms with Gasteiger partial charge in [0.05, 0.1) is 0 Å². The average molecular weight is 266 g/mol. The monoisotopic (exact) mass is 265 g/mol. The highest BCUT2D eigenvalue weighted by atomic mass is 35.5. The third-order valence-corrected chi connectivity index (χ3v) is 1.82. The molecule has 6 heteroatoms. The molecule has 1 aromatic rings. The summed E-state index contributed by atoms with van der Waals surface area (Å²) in [7, 11) is 0. The maximum Gasteiger partial charge on any atom is 0.224 e. The van der Waals surface area contributed by atoms with E-state index in [1.165, 1.54) is 0 Å². The van der Waals surface area contributed by atoms with Gasteiger partial charge in [0.1, 0.15) is 0 Å². The fourth-order valence-electron chi connectivity index (χ4n) is 1.09. The van der Waals surface area contributed by atoms with Crippen LogP contribution in [0.25, 0.3) is 0 Å². The summed E-state index contributed by atoms with van der Waals surface area (Å²) in [4.78, 5) is 15.2. The fourth-order valence-corrected chi connectivity index (χ4v) is 1.09. The molecule has 0 fully saturated rings. The third kappa shape index (κ3) is 7.45. The molecule has 0 saturated heterocycles. The Morgan fingerprint density at radius 3 is 2.44 bits per heavy atom. The van der Waals surface area contributed by atoms with E-state index in [2.05, 4.69) is 10.3 Å². The van der Waals surface area contributed by atoms with E-state index in [0.717, 1.165) is 18.5 Å². The highest BCUT2D eigenvalue weighted by molar-refractivity contribution is 5.90. The normalized spacial score (nSPS) is 8.56. The van der Waals surface area contributed by atoms with Crippen molar-refractivity contribution in [2.24, 2.45) is 5.73 Å². The second kappa shape index (κ2) is 10.7. The summed E-state index contributed by atoms with van der Waals surface area (Å²) >= 11 is 0. The number of hydrogen-bond acceptors (Lipinski definition) is 3. The quantitative estimate of drug-likeness (QED) is 0.801. The second-order valence-electron chi connectivity index (χ2n) is 3.03. The van der Waals surface area contributed by atoms with Gasteiger partial charge in [-0.2, -0.15) is 0 Å². The number of aromatic nitrogens is 1. The molecule has 1 rings (SSSR count). The summed E-state index contributed by atoms with van der Waals surface area (Å²) in [6.07, 6.45) is 5.56. The van der Waals surface area contributed by atoms with Crippen LogP contribution in [0.2, 0.25) is 0 Å². The Bertz CT molecular complexity index is 283. The van der Waals surface area contributed by atoms with E-state index in [9.17, 15) is 4.79 Å². The van der Waals surface area contributed by atoms with Crippen LogP contribution in [0, 0.1) is 0 Å². The highest BCUT2D eigenvalue weighted by Gasteiger charge is 2.00. The van der Waals surface area contributed by atoms with Gasteiger partial charge < -0.3 is 11.1 Å². The summed E-state index contributed by atoms with van der Waals surface area (Å²) in [5.41, 5.74) is 6.12. The molecule has 3 N–H and O–H groups in total. The van der Waals surface area contributed by atoms with Crippen molar-refractivity contribution in [3.63, 3.8) is 0 Å². The van der Waals surface area contributed by atoms with Crippen molar-refractivity contribution in [3.8, 4) is 0 Å². The number of halogens is 2. The number of carbonyl (C=O) groups excluding carboxylic acids is 1. The smallest absolute Gasteiger partial charge is 0.224 e. The Morgan fingerprint density at radius 2 is 1.88 bits per heavy atom. The second-order valence-corrected chi connectivity index (χ2v) is 3.03. The van der Waals surface area contributed by atoms with Gasteiger partial charge in [0.15, 0.2) is 0 Å². The standard InChI is InChI=1S/C10H15N3O.2ClH/c11-6-2-1-3-10(14)13-9-4-7-12-8-5-9;;/h4-5,7-8H,1-3,6,11H2,(H,12,13,14);2*1H. The molecule has 0 aliphatic heterocycles. The lowest BCUT2D eigenvalue weighted by atomic mass is 10.2. The number of carbonyl (C=O) groups is 1. The number of pyridine rings is 1. The summed E-state index contributed by atoms with van der Waals surface area (Å²) in [5, 5.41) is 2.78. The highest BCUT2D eigenvalue weighted by Crippen LogP contribution is 2.04. The van der Waals surface area contributed by atoms with E-state index >= 15 is 0 Å². The Morgan fingerprint density at radius 1 is 1.25 bits per heavy atom. The van der Waals surface area contributed by atoms with Crippen LogP contribution in [0.15, 0.2) is 24.5 Å². The summed E-state index contributed by atoms with van der Waals surface area (Å²) < 4.78 is 0. The van der Waals surface area contributed by atoms with E-state index in [0.29, 0.717) is 13.0 Å². The van der Waals surface area contributed by atoms with E-state index in [-0.39, 0.29) is 30.7 Å². The minimum absolute atomic E-state index is 0. The van der Waals surface area contributed by atoms with Gasteiger partial charge in [-0.15, -0.1) is 24.8 Å². The van der Waals surface area contributed by atoms with Crippen molar-refractivity contribution >= 4 is 36.4 Å². The number of unbranched alkanes of at least 4 members (excludes halogenated alkanes) is 1. The van der Waals surface area contributed by atoms with Crippen molar-refractivity contribution in [3.05, 3.63) is 24.5 Å². The summed E-state index contributed by atoms with van der Waals surface area (Å²) in [5.74, 6) is 0.0321. The number of anilines is 1. The van der Waals surface area contributed by atoms with Crippen molar-refractivity contribution in [1.82, 2.24) is 4.98 Å². The molecule has 92 valence electrons. The number of nitrogens with one attached hydrogen (secondary N) is 1. The zero-order valence-corrected chi connectivity index (χ0v) is 10.5. The van der Waals surface area contributed by atoms with Crippen molar-refractivity contribution in [2.45, 2.75) is 19.3 Å². The van der Waals surface area contributed by atoms with Gasteiger partial charge in [-0.05, 0) is 31.5 Å². The molecule has 1 heterocycles. The van der Waals surface area contributed by atoms with E-state index in [1.807, 2.05) is 0 Å². The maximum atomic E-state index is 11.3. The molecule has 0 aliphatic rings. The molecule has 0 saturated carbocycles. The number of nitrogens with zero attached hydrogens (tertiary/aromatic N) is 1. The molecular weight excluding hydrogens is 249 g/mol. The predicted octanol–water partition coefficient (Wildman–Crippen LogP) is 1.99. The zero-order valence-electron chi connectivity index (χ0n) is 8.89. The molecule has 1 aromatic heterocycles. The van der Waals surface area contributed by atoms with Crippen LogP contribution >= 0.6 is 24.8 Å². The van der Waals surface area contributed by atoms with Crippen LogP contribution in [0.3, 0.4) is 0 Å². The molecular formula is C10H17Cl2N3O. The molecule has 0 radical (unpaired) electrons. The van der Waals surface area contributed by atoms with Crippen LogP contribution in [0.4, 0.5) is 5.69 Å². The number of hydrogen-bond donors (Lipinski definition) is 2. The first kappa shape index (κ1) is 17.6. The molecule has 1 amide bonds. The number of nitrogens with two attached hydrogens (primary N) is 1. The van der Waals surface area contributed by atoms with Gasteiger partial charge in [0, 0.05) is 24.5 Å². The SMILES string of the molecule is Cl.Cl.NCCCCC(=O)Nc1ccncc1. The van der Waals surface area contributed by atoms with Gasteiger partial charge in [-0.25, -0.2) is 0 Å². The Labute approximate surface area is 108 Å². The van der Waals surface area contributed by atoms with Crippen molar-refractivity contribution in [1.29, 1.82) is 0 Å². The van der Waals surface area contributed by atoms with E-state index in [4.69, 9.17) is 5.73 Å². The Hall–Kier alpha value is -0.840. The van der Waals surface area contributed by atoms with Crippen molar-refractivity contribution < 1.29 is 4.79 Å². The average Bonchev–Trinajstić information content (AvgIpc) is 2.20. The summed E-state index contributed by atoms with van der Waals surface area (Å²) in [6, 6.07) is 3.53. The summed E-state index contributed by atoms with van der Waals surface area (Å²) in [6.45, 7) is 0.641. The van der Waals surface area contributed by atoms with Gasteiger partial charge in [0.25, 0.3) is 0 Å². The van der Waals surface area contributed by atoms with Gasteiger partial charge in [-0.3, -0.25) is 9.78 Å². The molecule has 0 atom stereocenters. The van der Waals surface area contributed by atoms with E-state index in [1.54, 1.807) is 24.5 Å². The minimum Gasteiger partial charge on any atom is -0.330 e. The van der Waals surface area contributed by atoms with Gasteiger partial charge >= 0.3 is 0 Å². The minimum atomic E-state index is 0. The van der Waals surface area contributed by atoms with Gasteiger partial charge in [-0.1, -0.05) is 0 Å². The zero-order chi connectivity index (χ0) is 10.2. The predicted molar refractivity (Wildman–Crippen MR) is 70.3 cm³/mol. The van der Waals surface area contributed by atoms with E-state index < -0.39 is 0 Å². The fraction of sp³-hybridized carbons (Fsp3) is 0.400. The number of rotatable bonds is 5. The first-order valence-corrected chi connectivity index (χ1v) is 4.73. The molecule has 4 nitrogen and oxygen atoms in total. The lowest BCUT2D eigenvalue weighted by Crippen LogP contribution is -2.11. The van der Waals surface area contributed by atoms with Crippen LogP contribution in [0.5, 0.6) is 0 Å². The van der Waals surface area contributed by atoms with Crippen molar-refractivity contribution in [2.75, 3.05) is 11.9 Å². The molecule has 0 bridgehead atoms. The number of amides is 1.